The van der Waals surface area contributed by atoms with Crippen LogP contribution in [0.25, 0.3) is 0 Å². The van der Waals surface area contributed by atoms with Crippen LogP contribution in [0.2, 0.25) is 0 Å². The molecule has 1 aromatic heterocycles. The van der Waals surface area contributed by atoms with E-state index in [2.05, 4.69) is 39.7 Å². The zero-order valence-corrected chi connectivity index (χ0v) is 16.1. The molecule has 1 saturated heterocycles. The molecule has 1 fully saturated rings. The molecule has 0 radical (unpaired) electrons. The van der Waals surface area contributed by atoms with Crippen LogP contribution in [-0.2, 0) is 17.9 Å². The number of hydrogen-bond donors (Lipinski definition) is 2. The first kappa shape index (κ1) is 19.2. The molecular weight excluding hydrogens is 340 g/mol. The lowest BCUT2D eigenvalue weighted by Crippen LogP contribution is -2.45. The molecule has 3 rings (SSSR count). The zero-order chi connectivity index (χ0) is 19.0. The van der Waals surface area contributed by atoms with Gasteiger partial charge in [0.1, 0.15) is 12.4 Å². The highest BCUT2D eigenvalue weighted by atomic mass is 16.5. The standard InChI is InChI=1S/C21H28N4O2/c1-21(11-5-13-27-21)16-25-20(22-2)24-14-17-7-9-19(10-8-17)26-15-18-6-3-4-12-23-18/h3-4,6-10,12H,5,11,13-16H2,1-2H3,(H2,22,24,25). The van der Waals surface area contributed by atoms with Gasteiger partial charge in [0.15, 0.2) is 5.96 Å². The molecule has 0 saturated carbocycles. The highest BCUT2D eigenvalue weighted by Gasteiger charge is 2.29. The first-order chi connectivity index (χ1) is 13.2. The van der Waals surface area contributed by atoms with Gasteiger partial charge in [-0.15, -0.1) is 0 Å². The Kier molecular flexibility index (Phi) is 6.65. The van der Waals surface area contributed by atoms with E-state index in [-0.39, 0.29) is 5.60 Å². The van der Waals surface area contributed by atoms with Crippen molar-refractivity contribution in [3.63, 3.8) is 0 Å². The topological polar surface area (TPSA) is 67.8 Å². The number of pyridine rings is 1. The van der Waals surface area contributed by atoms with Crippen LogP contribution in [0.1, 0.15) is 31.0 Å². The minimum absolute atomic E-state index is 0.0930. The summed E-state index contributed by atoms with van der Waals surface area (Å²) in [5.41, 5.74) is 1.98. The number of aliphatic imine (C=N–C) groups is 1. The van der Waals surface area contributed by atoms with E-state index in [0.29, 0.717) is 13.2 Å². The van der Waals surface area contributed by atoms with Gasteiger partial charge in [0.25, 0.3) is 0 Å². The first-order valence-electron chi connectivity index (χ1n) is 9.37. The van der Waals surface area contributed by atoms with E-state index >= 15 is 0 Å². The van der Waals surface area contributed by atoms with Gasteiger partial charge in [0.05, 0.1) is 11.3 Å². The fraction of sp³-hybridized carbons (Fsp3) is 0.429. The molecule has 2 N–H and O–H groups in total. The average Bonchev–Trinajstić information content (AvgIpc) is 3.15. The fourth-order valence-corrected chi connectivity index (χ4v) is 3.00. The Bertz CT molecular complexity index is 726. The van der Waals surface area contributed by atoms with Gasteiger partial charge in [-0.2, -0.15) is 0 Å². The van der Waals surface area contributed by atoms with Gasteiger partial charge in [0.2, 0.25) is 0 Å². The second-order valence-corrected chi connectivity index (χ2v) is 6.93. The highest BCUT2D eigenvalue weighted by Crippen LogP contribution is 2.23. The van der Waals surface area contributed by atoms with Crippen molar-refractivity contribution >= 4 is 5.96 Å². The number of rotatable bonds is 7. The van der Waals surface area contributed by atoms with Crippen molar-refractivity contribution in [3.05, 3.63) is 59.9 Å². The highest BCUT2D eigenvalue weighted by molar-refractivity contribution is 5.79. The van der Waals surface area contributed by atoms with E-state index in [1.165, 1.54) is 0 Å². The smallest absolute Gasteiger partial charge is 0.191 e. The molecule has 6 heteroatoms. The first-order valence-corrected chi connectivity index (χ1v) is 9.37. The number of guanidine groups is 1. The number of nitrogens with zero attached hydrogens (tertiary/aromatic N) is 2. The van der Waals surface area contributed by atoms with E-state index in [1.807, 2.05) is 30.3 Å². The lowest BCUT2D eigenvalue weighted by molar-refractivity contribution is 0.0243. The molecule has 0 bridgehead atoms. The SMILES string of the molecule is CN=C(NCc1ccc(OCc2ccccn2)cc1)NCC1(C)CCCO1. The van der Waals surface area contributed by atoms with Crippen molar-refractivity contribution in [2.45, 2.75) is 38.5 Å². The predicted molar refractivity (Wildman–Crippen MR) is 107 cm³/mol. The maximum absolute atomic E-state index is 5.80. The summed E-state index contributed by atoms with van der Waals surface area (Å²) in [7, 11) is 1.78. The second-order valence-electron chi connectivity index (χ2n) is 6.93. The summed E-state index contributed by atoms with van der Waals surface area (Å²) in [4.78, 5) is 8.54. The third-order valence-corrected chi connectivity index (χ3v) is 4.65. The van der Waals surface area contributed by atoms with Gasteiger partial charge in [-0.05, 0) is 49.6 Å². The van der Waals surface area contributed by atoms with E-state index in [4.69, 9.17) is 9.47 Å². The Morgan fingerprint density at radius 1 is 1.22 bits per heavy atom. The van der Waals surface area contributed by atoms with Crippen LogP contribution in [-0.4, -0.2) is 36.7 Å². The van der Waals surface area contributed by atoms with Crippen LogP contribution in [0, 0.1) is 0 Å². The Balaban J connectivity index is 1.43. The third kappa shape index (κ3) is 5.96. The van der Waals surface area contributed by atoms with Crippen LogP contribution in [0.4, 0.5) is 0 Å². The van der Waals surface area contributed by atoms with Gasteiger partial charge < -0.3 is 20.1 Å². The Hall–Kier alpha value is -2.60. The number of hydrogen-bond acceptors (Lipinski definition) is 4. The summed E-state index contributed by atoms with van der Waals surface area (Å²) < 4.78 is 11.6. The molecule has 1 aliphatic rings. The summed E-state index contributed by atoms with van der Waals surface area (Å²) in [6.45, 7) is 4.91. The molecule has 2 aromatic rings. The van der Waals surface area contributed by atoms with Gasteiger partial charge in [-0.25, -0.2) is 0 Å². The molecule has 1 aliphatic heterocycles. The molecule has 1 aromatic carbocycles. The van der Waals surface area contributed by atoms with E-state index < -0.39 is 0 Å². The van der Waals surface area contributed by atoms with Gasteiger partial charge in [-0.3, -0.25) is 9.98 Å². The Morgan fingerprint density at radius 2 is 2.07 bits per heavy atom. The fourth-order valence-electron chi connectivity index (χ4n) is 3.00. The van der Waals surface area contributed by atoms with Crippen LogP contribution >= 0.6 is 0 Å². The molecule has 2 heterocycles. The summed E-state index contributed by atoms with van der Waals surface area (Å²) in [5, 5.41) is 6.69. The van der Waals surface area contributed by atoms with Crippen molar-refractivity contribution in [3.8, 4) is 5.75 Å². The van der Waals surface area contributed by atoms with E-state index in [1.54, 1.807) is 13.2 Å². The lowest BCUT2D eigenvalue weighted by atomic mass is 10.0. The number of ether oxygens (including phenoxy) is 2. The van der Waals surface area contributed by atoms with Crippen molar-refractivity contribution in [1.29, 1.82) is 0 Å². The number of nitrogens with one attached hydrogen (secondary N) is 2. The monoisotopic (exact) mass is 368 g/mol. The molecule has 1 atom stereocenters. The maximum atomic E-state index is 5.80. The molecule has 1 unspecified atom stereocenters. The minimum Gasteiger partial charge on any atom is -0.487 e. The molecule has 144 valence electrons. The van der Waals surface area contributed by atoms with E-state index in [0.717, 1.165) is 49.0 Å². The Morgan fingerprint density at radius 3 is 2.74 bits per heavy atom. The third-order valence-electron chi connectivity index (χ3n) is 4.65. The van der Waals surface area contributed by atoms with Crippen molar-refractivity contribution in [2.75, 3.05) is 20.2 Å². The zero-order valence-electron chi connectivity index (χ0n) is 16.1. The van der Waals surface area contributed by atoms with Gasteiger partial charge >= 0.3 is 0 Å². The van der Waals surface area contributed by atoms with Crippen molar-refractivity contribution in [1.82, 2.24) is 15.6 Å². The number of benzene rings is 1. The Labute approximate surface area is 161 Å². The van der Waals surface area contributed by atoms with Crippen molar-refractivity contribution in [2.24, 2.45) is 4.99 Å². The van der Waals surface area contributed by atoms with Gasteiger partial charge in [0, 0.05) is 32.9 Å². The largest absolute Gasteiger partial charge is 0.487 e. The summed E-state index contributed by atoms with van der Waals surface area (Å²) in [5.74, 6) is 1.61. The average molecular weight is 368 g/mol. The molecular formula is C21H28N4O2. The quantitative estimate of drug-likeness (QED) is 0.581. The van der Waals surface area contributed by atoms with E-state index in [9.17, 15) is 0 Å². The summed E-state index contributed by atoms with van der Waals surface area (Å²) >= 11 is 0. The maximum Gasteiger partial charge on any atom is 0.191 e. The second kappa shape index (κ2) is 9.37. The van der Waals surface area contributed by atoms with Crippen LogP contribution in [0.15, 0.2) is 53.7 Å². The normalized spacial score (nSPS) is 19.7. The van der Waals surface area contributed by atoms with Crippen LogP contribution in [0.3, 0.4) is 0 Å². The lowest BCUT2D eigenvalue weighted by Gasteiger charge is -2.24. The molecule has 0 aliphatic carbocycles. The van der Waals surface area contributed by atoms with Crippen molar-refractivity contribution < 1.29 is 9.47 Å². The molecule has 0 amide bonds. The molecule has 6 nitrogen and oxygen atoms in total. The molecule has 0 spiro atoms. The number of aromatic nitrogens is 1. The summed E-state index contributed by atoms with van der Waals surface area (Å²) in [6.07, 6.45) is 3.98. The summed E-state index contributed by atoms with van der Waals surface area (Å²) in [6, 6.07) is 13.9. The minimum atomic E-state index is -0.0930. The van der Waals surface area contributed by atoms with Crippen LogP contribution < -0.4 is 15.4 Å². The molecule has 27 heavy (non-hydrogen) atoms. The van der Waals surface area contributed by atoms with Gasteiger partial charge in [-0.1, -0.05) is 18.2 Å². The predicted octanol–water partition coefficient (Wildman–Crippen LogP) is 2.89. The van der Waals surface area contributed by atoms with Crippen LogP contribution in [0.5, 0.6) is 5.75 Å².